The molecule has 2 rings (SSSR count). The number of amides is 1. The molecule has 0 saturated heterocycles. The molecule has 5 nitrogen and oxygen atoms in total. The lowest BCUT2D eigenvalue weighted by Gasteiger charge is -2.15. The summed E-state index contributed by atoms with van der Waals surface area (Å²) >= 11 is 0. The zero-order chi connectivity index (χ0) is 15.1. The summed E-state index contributed by atoms with van der Waals surface area (Å²) in [6.07, 6.45) is 5.83. The standard InChI is InChI=1S/C16H21N3O2/c1-12(14-6-4-7-15(9-14)21-2)19-16(20)8-3-5-13-10-17-18-11-13/h4,6-7,9-12H,3,5,8H2,1-2H3,(H,17,18)(H,19,20)/t12-/m1/s1. The number of aromatic amines is 1. The molecule has 1 aromatic carbocycles. The van der Waals surface area contributed by atoms with E-state index in [0.29, 0.717) is 6.42 Å². The predicted octanol–water partition coefficient (Wildman–Crippen LogP) is 2.62. The highest BCUT2D eigenvalue weighted by atomic mass is 16.5. The number of H-pyrrole nitrogens is 1. The topological polar surface area (TPSA) is 67.0 Å². The third-order valence-electron chi connectivity index (χ3n) is 3.40. The predicted molar refractivity (Wildman–Crippen MR) is 81.1 cm³/mol. The van der Waals surface area contributed by atoms with Crippen LogP contribution in [0.3, 0.4) is 0 Å². The van der Waals surface area contributed by atoms with Crippen LogP contribution in [0.2, 0.25) is 0 Å². The fourth-order valence-corrected chi connectivity index (χ4v) is 2.18. The van der Waals surface area contributed by atoms with E-state index in [-0.39, 0.29) is 11.9 Å². The lowest BCUT2D eigenvalue weighted by Crippen LogP contribution is -2.26. The van der Waals surface area contributed by atoms with Crippen molar-refractivity contribution in [3.05, 3.63) is 47.8 Å². The fraction of sp³-hybridized carbons (Fsp3) is 0.375. The van der Waals surface area contributed by atoms with Crippen molar-refractivity contribution in [2.75, 3.05) is 7.11 Å². The average molecular weight is 287 g/mol. The van der Waals surface area contributed by atoms with Gasteiger partial charge in [-0.25, -0.2) is 0 Å². The van der Waals surface area contributed by atoms with Gasteiger partial charge in [0.05, 0.1) is 19.3 Å². The molecule has 0 radical (unpaired) electrons. The van der Waals surface area contributed by atoms with Crippen LogP contribution in [0.25, 0.3) is 0 Å². The van der Waals surface area contributed by atoms with Crippen molar-refractivity contribution in [2.45, 2.75) is 32.2 Å². The molecule has 0 aliphatic carbocycles. The summed E-state index contributed by atoms with van der Waals surface area (Å²) in [7, 11) is 1.64. The van der Waals surface area contributed by atoms with Crippen LogP contribution >= 0.6 is 0 Å². The molecular weight excluding hydrogens is 266 g/mol. The number of methoxy groups -OCH3 is 1. The maximum absolute atomic E-state index is 11.9. The van der Waals surface area contributed by atoms with E-state index in [2.05, 4.69) is 15.5 Å². The first kappa shape index (κ1) is 15.1. The van der Waals surface area contributed by atoms with Crippen molar-refractivity contribution < 1.29 is 9.53 Å². The van der Waals surface area contributed by atoms with Crippen LogP contribution in [0.15, 0.2) is 36.7 Å². The number of aryl methyl sites for hydroxylation is 1. The van der Waals surface area contributed by atoms with E-state index in [4.69, 9.17) is 4.74 Å². The molecule has 0 fully saturated rings. The van der Waals surface area contributed by atoms with E-state index in [1.165, 1.54) is 0 Å². The Hall–Kier alpha value is -2.30. The quantitative estimate of drug-likeness (QED) is 0.822. The second kappa shape index (κ2) is 7.47. The van der Waals surface area contributed by atoms with Gasteiger partial charge in [0.25, 0.3) is 0 Å². The Bertz CT molecular complexity index is 567. The zero-order valence-electron chi connectivity index (χ0n) is 12.4. The van der Waals surface area contributed by atoms with Crippen LogP contribution in [0.5, 0.6) is 5.75 Å². The van der Waals surface area contributed by atoms with Gasteiger partial charge >= 0.3 is 0 Å². The summed E-state index contributed by atoms with van der Waals surface area (Å²) in [6, 6.07) is 7.72. The lowest BCUT2D eigenvalue weighted by atomic mass is 10.1. The molecule has 21 heavy (non-hydrogen) atoms. The summed E-state index contributed by atoms with van der Waals surface area (Å²) in [5, 5.41) is 9.67. The third-order valence-corrected chi connectivity index (χ3v) is 3.40. The Balaban J connectivity index is 1.78. The summed E-state index contributed by atoms with van der Waals surface area (Å²) < 4.78 is 5.19. The van der Waals surface area contributed by atoms with Crippen molar-refractivity contribution in [3.8, 4) is 5.75 Å². The average Bonchev–Trinajstić information content (AvgIpc) is 3.00. The minimum absolute atomic E-state index is 0.0264. The van der Waals surface area contributed by atoms with E-state index >= 15 is 0 Å². The molecule has 1 aromatic heterocycles. The molecule has 0 bridgehead atoms. The molecule has 2 N–H and O–H groups in total. The number of nitrogens with one attached hydrogen (secondary N) is 2. The van der Waals surface area contributed by atoms with Gasteiger partial charge < -0.3 is 10.1 Å². The Morgan fingerprint density at radius 2 is 2.33 bits per heavy atom. The van der Waals surface area contributed by atoms with Crippen LogP contribution in [-0.2, 0) is 11.2 Å². The van der Waals surface area contributed by atoms with Crippen molar-refractivity contribution in [1.82, 2.24) is 15.5 Å². The first-order valence-electron chi connectivity index (χ1n) is 7.10. The zero-order valence-corrected chi connectivity index (χ0v) is 12.4. The number of carbonyl (C=O) groups is 1. The van der Waals surface area contributed by atoms with Crippen LogP contribution < -0.4 is 10.1 Å². The van der Waals surface area contributed by atoms with Gasteiger partial charge in [-0.1, -0.05) is 12.1 Å². The molecule has 0 aliphatic rings. The molecule has 0 aliphatic heterocycles. The molecule has 112 valence electrons. The van der Waals surface area contributed by atoms with Crippen LogP contribution in [0.1, 0.15) is 36.9 Å². The number of benzene rings is 1. The second-order valence-electron chi connectivity index (χ2n) is 5.03. The maximum Gasteiger partial charge on any atom is 0.220 e. The SMILES string of the molecule is COc1cccc([C@@H](C)NC(=O)CCCc2cn[nH]c2)c1. The van der Waals surface area contributed by atoms with Crippen molar-refractivity contribution in [3.63, 3.8) is 0 Å². The molecule has 5 heteroatoms. The first-order valence-corrected chi connectivity index (χ1v) is 7.10. The monoisotopic (exact) mass is 287 g/mol. The van der Waals surface area contributed by atoms with Crippen molar-refractivity contribution in [1.29, 1.82) is 0 Å². The Morgan fingerprint density at radius 3 is 3.05 bits per heavy atom. The summed E-state index contributed by atoms with van der Waals surface area (Å²) in [5.74, 6) is 0.863. The molecule has 2 aromatic rings. The summed E-state index contributed by atoms with van der Waals surface area (Å²) in [6.45, 7) is 1.97. The summed E-state index contributed by atoms with van der Waals surface area (Å²) in [5.41, 5.74) is 2.17. The van der Waals surface area contributed by atoms with E-state index < -0.39 is 0 Å². The van der Waals surface area contributed by atoms with E-state index in [9.17, 15) is 4.79 Å². The normalized spacial score (nSPS) is 11.9. The van der Waals surface area contributed by atoms with E-state index in [1.807, 2.05) is 37.4 Å². The fourth-order valence-electron chi connectivity index (χ4n) is 2.18. The van der Waals surface area contributed by atoms with Crippen LogP contribution in [-0.4, -0.2) is 23.2 Å². The molecule has 1 atom stereocenters. The number of nitrogens with zero attached hydrogens (tertiary/aromatic N) is 1. The van der Waals surface area contributed by atoms with Gasteiger partial charge in [-0.05, 0) is 43.0 Å². The van der Waals surface area contributed by atoms with Crippen LogP contribution in [0.4, 0.5) is 0 Å². The number of aromatic nitrogens is 2. The highest BCUT2D eigenvalue weighted by Crippen LogP contribution is 2.18. The largest absolute Gasteiger partial charge is 0.497 e. The Labute approximate surface area is 124 Å². The highest BCUT2D eigenvalue weighted by molar-refractivity contribution is 5.76. The number of carbonyl (C=O) groups excluding carboxylic acids is 1. The van der Waals surface area contributed by atoms with Gasteiger partial charge in [0.15, 0.2) is 0 Å². The van der Waals surface area contributed by atoms with Gasteiger partial charge in [-0.2, -0.15) is 5.10 Å². The molecular formula is C16H21N3O2. The first-order chi connectivity index (χ1) is 10.2. The van der Waals surface area contributed by atoms with Crippen LogP contribution in [0, 0.1) is 0 Å². The van der Waals surface area contributed by atoms with Gasteiger partial charge in [-0.15, -0.1) is 0 Å². The molecule has 0 unspecified atom stereocenters. The highest BCUT2D eigenvalue weighted by Gasteiger charge is 2.10. The van der Waals surface area contributed by atoms with Crippen molar-refractivity contribution in [2.24, 2.45) is 0 Å². The van der Waals surface area contributed by atoms with E-state index in [0.717, 1.165) is 29.7 Å². The van der Waals surface area contributed by atoms with Crippen molar-refractivity contribution >= 4 is 5.91 Å². The van der Waals surface area contributed by atoms with Gasteiger partial charge in [0.2, 0.25) is 5.91 Å². The Morgan fingerprint density at radius 1 is 1.48 bits per heavy atom. The van der Waals surface area contributed by atoms with Gasteiger partial charge in [0.1, 0.15) is 5.75 Å². The second-order valence-corrected chi connectivity index (χ2v) is 5.03. The molecule has 0 saturated carbocycles. The number of hydrogen-bond donors (Lipinski definition) is 2. The molecule has 1 amide bonds. The Kier molecular flexibility index (Phi) is 5.37. The minimum Gasteiger partial charge on any atom is -0.497 e. The number of rotatable bonds is 7. The smallest absolute Gasteiger partial charge is 0.220 e. The lowest BCUT2D eigenvalue weighted by molar-refractivity contribution is -0.121. The van der Waals surface area contributed by atoms with Gasteiger partial charge in [0, 0.05) is 12.6 Å². The minimum atomic E-state index is -0.0264. The van der Waals surface area contributed by atoms with E-state index in [1.54, 1.807) is 13.3 Å². The number of hydrogen-bond acceptors (Lipinski definition) is 3. The maximum atomic E-state index is 11.9. The summed E-state index contributed by atoms with van der Waals surface area (Å²) in [4.78, 5) is 11.9. The molecule has 1 heterocycles. The third kappa shape index (κ3) is 4.63. The number of ether oxygens (including phenoxy) is 1. The van der Waals surface area contributed by atoms with Gasteiger partial charge in [-0.3, -0.25) is 9.89 Å². The molecule has 0 spiro atoms.